The van der Waals surface area contributed by atoms with E-state index in [-0.39, 0.29) is 5.91 Å². The molecule has 1 amide bonds. The van der Waals surface area contributed by atoms with E-state index in [2.05, 4.69) is 11.4 Å². The van der Waals surface area contributed by atoms with Gasteiger partial charge >= 0.3 is 0 Å². The van der Waals surface area contributed by atoms with Gasteiger partial charge in [0.2, 0.25) is 5.91 Å². The number of hydrogen-bond donors (Lipinski definition) is 1. The highest BCUT2D eigenvalue weighted by molar-refractivity contribution is 6.34. The molecule has 1 N–H and O–H groups in total. The quantitative estimate of drug-likeness (QED) is 0.867. The zero-order valence-corrected chi connectivity index (χ0v) is 12.2. The lowest BCUT2D eigenvalue weighted by molar-refractivity contribution is -0.115. The first-order chi connectivity index (χ1) is 9.56. The van der Waals surface area contributed by atoms with E-state index >= 15 is 0 Å². The van der Waals surface area contributed by atoms with E-state index < -0.39 is 0 Å². The molecular formula is C16H15ClN2O. The molecule has 0 saturated carbocycles. The number of anilines is 2. The van der Waals surface area contributed by atoms with Crippen molar-refractivity contribution in [3.8, 4) is 11.1 Å². The molecule has 0 aromatic heterocycles. The SMILES string of the molecule is Cc1cccc(-c2ccc3c(c2)N(C)CC(=O)N3)c1Cl. The van der Waals surface area contributed by atoms with Gasteiger partial charge in [0.25, 0.3) is 0 Å². The number of rotatable bonds is 1. The van der Waals surface area contributed by atoms with Gasteiger partial charge in [0.1, 0.15) is 0 Å². The summed E-state index contributed by atoms with van der Waals surface area (Å²) in [5.41, 5.74) is 4.99. The van der Waals surface area contributed by atoms with Crippen molar-refractivity contribution < 1.29 is 4.79 Å². The number of nitrogens with one attached hydrogen (secondary N) is 1. The first-order valence-electron chi connectivity index (χ1n) is 6.47. The number of nitrogens with zero attached hydrogens (tertiary/aromatic N) is 1. The molecule has 0 saturated heterocycles. The summed E-state index contributed by atoms with van der Waals surface area (Å²) in [7, 11) is 1.92. The Morgan fingerprint density at radius 3 is 2.85 bits per heavy atom. The maximum Gasteiger partial charge on any atom is 0.243 e. The molecule has 0 radical (unpaired) electrons. The molecule has 1 aliphatic rings. The van der Waals surface area contributed by atoms with E-state index in [0.717, 1.165) is 33.1 Å². The van der Waals surface area contributed by atoms with Crippen molar-refractivity contribution in [3.63, 3.8) is 0 Å². The highest BCUT2D eigenvalue weighted by atomic mass is 35.5. The molecule has 1 heterocycles. The summed E-state index contributed by atoms with van der Waals surface area (Å²) in [6, 6.07) is 12.0. The van der Waals surface area contributed by atoms with Crippen molar-refractivity contribution >= 4 is 28.9 Å². The number of benzene rings is 2. The van der Waals surface area contributed by atoms with Gasteiger partial charge in [-0.25, -0.2) is 0 Å². The van der Waals surface area contributed by atoms with Crippen LogP contribution in [0.2, 0.25) is 5.02 Å². The summed E-state index contributed by atoms with van der Waals surface area (Å²) in [6.07, 6.45) is 0. The minimum atomic E-state index is 0.0151. The fourth-order valence-corrected chi connectivity index (χ4v) is 2.72. The second-order valence-electron chi connectivity index (χ2n) is 5.07. The van der Waals surface area contributed by atoms with Gasteiger partial charge in [0.05, 0.1) is 22.9 Å². The highest BCUT2D eigenvalue weighted by Crippen LogP contribution is 2.36. The highest BCUT2D eigenvalue weighted by Gasteiger charge is 2.19. The number of carbonyl (C=O) groups is 1. The third kappa shape index (κ3) is 2.14. The van der Waals surface area contributed by atoms with E-state index in [9.17, 15) is 4.79 Å². The zero-order valence-electron chi connectivity index (χ0n) is 11.4. The molecule has 2 aromatic rings. The lowest BCUT2D eigenvalue weighted by Gasteiger charge is -2.27. The summed E-state index contributed by atoms with van der Waals surface area (Å²) >= 11 is 6.39. The minimum Gasteiger partial charge on any atom is -0.364 e. The number of amides is 1. The van der Waals surface area contributed by atoms with Crippen LogP contribution in [-0.4, -0.2) is 19.5 Å². The smallest absolute Gasteiger partial charge is 0.243 e. The van der Waals surface area contributed by atoms with Gasteiger partial charge in [-0.15, -0.1) is 0 Å². The Morgan fingerprint density at radius 2 is 2.05 bits per heavy atom. The lowest BCUT2D eigenvalue weighted by Crippen LogP contribution is -2.35. The molecule has 0 fully saturated rings. The summed E-state index contributed by atoms with van der Waals surface area (Å²) in [4.78, 5) is 13.5. The normalized spacial score (nSPS) is 13.9. The molecule has 0 atom stereocenters. The van der Waals surface area contributed by atoms with Gasteiger partial charge in [0, 0.05) is 12.6 Å². The third-order valence-electron chi connectivity index (χ3n) is 3.57. The summed E-state index contributed by atoms with van der Waals surface area (Å²) in [5, 5.41) is 3.65. The lowest BCUT2D eigenvalue weighted by atomic mass is 10.0. The maximum absolute atomic E-state index is 11.5. The number of hydrogen-bond acceptors (Lipinski definition) is 2. The summed E-state index contributed by atoms with van der Waals surface area (Å²) in [6.45, 7) is 2.37. The van der Waals surface area contributed by atoms with Crippen LogP contribution in [0.15, 0.2) is 36.4 Å². The van der Waals surface area contributed by atoms with Gasteiger partial charge < -0.3 is 10.2 Å². The van der Waals surface area contributed by atoms with E-state index in [4.69, 9.17) is 11.6 Å². The number of fused-ring (bicyclic) bond motifs is 1. The van der Waals surface area contributed by atoms with E-state index in [1.807, 2.05) is 49.2 Å². The first-order valence-corrected chi connectivity index (χ1v) is 6.84. The number of halogens is 1. The number of likely N-dealkylation sites (N-methyl/N-ethyl adjacent to an activating group) is 1. The zero-order chi connectivity index (χ0) is 14.3. The Morgan fingerprint density at radius 1 is 1.25 bits per heavy atom. The Hall–Kier alpha value is -2.00. The second kappa shape index (κ2) is 4.84. The molecule has 3 nitrogen and oxygen atoms in total. The molecule has 4 heteroatoms. The van der Waals surface area contributed by atoms with Crippen molar-refractivity contribution in [2.75, 3.05) is 23.8 Å². The second-order valence-corrected chi connectivity index (χ2v) is 5.45. The van der Waals surface area contributed by atoms with Crippen LogP contribution in [0.25, 0.3) is 11.1 Å². The van der Waals surface area contributed by atoms with Crippen molar-refractivity contribution in [1.82, 2.24) is 0 Å². The fraction of sp³-hybridized carbons (Fsp3) is 0.188. The molecule has 0 aliphatic carbocycles. The molecule has 3 rings (SSSR count). The van der Waals surface area contributed by atoms with Crippen molar-refractivity contribution in [2.45, 2.75) is 6.92 Å². The molecule has 0 unspecified atom stereocenters. The van der Waals surface area contributed by atoms with Crippen molar-refractivity contribution in [2.24, 2.45) is 0 Å². The minimum absolute atomic E-state index is 0.0151. The van der Waals surface area contributed by atoms with Gasteiger partial charge in [0.15, 0.2) is 0 Å². The van der Waals surface area contributed by atoms with Crippen LogP contribution in [-0.2, 0) is 4.79 Å². The predicted molar refractivity (Wildman–Crippen MR) is 83.5 cm³/mol. The van der Waals surface area contributed by atoms with Crippen LogP contribution in [0.4, 0.5) is 11.4 Å². The third-order valence-corrected chi connectivity index (χ3v) is 4.07. The maximum atomic E-state index is 11.5. The molecule has 1 aliphatic heterocycles. The Balaban J connectivity index is 2.11. The Kier molecular flexibility index (Phi) is 3.14. The summed E-state index contributed by atoms with van der Waals surface area (Å²) in [5.74, 6) is 0.0151. The average Bonchev–Trinajstić information content (AvgIpc) is 2.41. The fourth-order valence-electron chi connectivity index (χ4n) is 2.48. The van der Waals surface area contributed by atoms with Crippen LogP contribution in [0.3, 0.4) is 0 Å². The molecule has 0 spiro atoms. The Bertz CT molecular complexity index is 697. The van der Waals surface area contributed by atoms with Crippen LogP contribution in [0.5, 0.6) is 0 Å². The van der Waals surface area contributed by atoms with Gasteiger partial charge in [-0.3, -0.25) is 4.79 Å². The average molecular weight is 287 g/mol. The van der Waals surface area contributed by atoms with Crippen LogP contribution < -0.4 is 10.2 Å². The predicted octanol–water partition coefficient (Wildman–Crippen LogP) is 3.70. The number of aryl methyl sites for hydroxylation is 1. The van der Waals surface area contributed by atoms with E-state index in [1.165, 1.54) is 0 Å². The number of carbonyl (C=O) groups excluding carboxylic acids is 1. The topological polar surface area (TPSA) is 32.3 Å². The first kappa shape index (κ1) is 13.0. The van der Waals surface area contributed by atoms with Gasteiger partial charge in [-0.05, 0) is 30.2 Å². The van der Waals surface area contributed by atoms with E-state index in [1.54, 1.807) is 0 Å². The monoisotopic (exact) mass is 286 g/mol. The molecular weight excluding hydrogens is 272 g/mol. The van der Waals surface area contributed by atoms with Crippen molar-refractivity contribution in [3.05, 3.63) is 47.0 Å². The van der Waals surface area contributed by atoms with Crippen LogP contribution >= 0.6 is 11.6 Å². The Labute approximate surface area is 123 Å². The van der Waals surface area contributed by atoms with Crippen molar-refractivity contribution in [1.29, 1.82) is 0 Å². The summed E-state index contributed by atoms with van der Waals surface area (Å²) < 4.78 is 0. The standard InChI is InChI=1S/C16H15ClN2O/c1-10-4-3-5-12(16(10)17)11-6-7-13-14(8-11)19(2)9-15(20)18-13/h3-8H,9H2,1-2H3,(H,18,20). The molecule has 0 bridgehead atoms. The van der Waals surface area contributed by atoms with E-state index in [0.29, 0.717) is 6.54 Å². The van der Waals surface area contributed by atoms with Crippen LogP contribution in [0, 0.1) is 6.92 Å². The molecule has 102 valence electrons. The largest absolute Gasteiger partial charge is 0.364 e. The molecule has 2 aromatic carbocycles. The van der Waals surface area contributed by atoms with Crippen LogP contribution in [0.1, 0.15) is 5.56 Å². The van der Waals surface area contributed by atoms with Gasteiger partial charge in [-0.2, -0.15) is 0 Å². The van der Waals surface area contributed by atoms with Gasteiger partial charge in [-0.1, -0.05) is 35.9 Å². The molecule has 20 heavy (non-hydrogen) atoms.